The molecule has 0 saturated carbocycles. The Bertz CT molecular complexity index is 1010. The molecule has 0 amide bonds. The van der Waals surface area contributed by atoms with E-state index in [0.29, 0.717) is 24.7 Å². The number of hydrogen-bond donors (Lipinski definition) is 1. The zero-order valence-corrected chi connectivity index (χ0v) is 16.4. The predicted octanol–water partition coefficient (Wildman–Crippen LogP) is 2.91. The molecule has 1 aromatic heterocycles. The van der Waals surface area contributed by atoms with Crippen molar-refractivity contribution in [2.24, 2.45) is 0 Å². The van der Waals surface area contributed by atoms with Crippen molar-refractivity contribution in [1.29, 1.82) is 5.26 Å². The van der Waals surface area contributed by atoms with E-state index in [4.69, 9.17) is 24.7 Å². The highest BCUT2D eigenvalue weighted by Gasteiger charge is 2.23. The summed E-state index contributed by atoms with van der Waals surface area (Å²) in [5, 5.41) is 9.46. The van der Waals surface area contributed by atoms with Gasteiger partial charge in [0.1, 0.15) is 35.8 Å². The zero-order chi connectivity index (χ0) is 20.8. The molecule has 9 heteroatoms. The van der Waals surface area contributed by atoms with Gasteiger partial charge in [0, 0.05) is 11.6 Å². The van der Waals surface area contributed by atoms with Gasteiger partial charge in [0.25, 0.3) is 0 Å². The highest BCUT2D eigenvalue weighted by Crippen LogP contribution is 2.32. The first-order chi connectivity index (χ1) is 14.0. The second kappa shape index (κ2) is 9.12. The normalized spacial score (nSPS) is 12.4. The first-order valence-electron chi connectivity index (χ1n) is 8.76. The van der Waals surface area contributed by atoms with Gasteiger partial charge >= 0.3 is 11.9 Å². The Morgan fingerprint density at radius 1 is 1.28 bits per heavy atom. The van der Waals surface area contributed by atoms with E-state index in [1.807, 2.05) is 6.07 Å². The molecule has 0 atom stereocenters. The van der Waals surface area contributed by atoms with Gasteiger partial charge in [0.05, 0.1) is 12.2 Å². The third-order valence-electron chi connectivity index (χ3n) is 3.94. The molecule has 1 aliphatic rings. The van der Waals surface area contributed by atoms with Crippen molar-refractivity contribution < 1.29 is 28.5 Å². The molecule has 0 spiro atoms. The minimum absolute atomic E-state index is 0.113. The van der Waals surface area contributed by atoms with Gasteiger partial charge in [-0.15, -0.1) is 11.3 Å². The number of nitrogen functional groups attached to an aromatic ring is 1. The first-order valence-corrected chi connectivity index (χ1v) is 9.58. The van der Waals surface area contributed by atoms with Crippen LogP contribution in [0.2, 0.25) is 0 Å². The second-order valence-corrected chi connectivity index (χ2v) is 6.88. The van der Waals surface area contributed by atoms with Gasteiger partial charge in [0.2, 0.25) is 0 Å². The number of fused-ring (bicyclic) bond motifs is 1. The summed E-state index contributed by atoms with van der Waals surface area (Å²) in [4.78, 5) is 24.3. The maximum absolute atomic E-state index is 12.1. The highest BCUT2D eigenvalue weighted by molar-refractivity contribution is 7.18. The van der Waals surface area contributed by atoms with Crippen LogP contribution in [0.25, 0.3) is 6.08 Å². The summed E-state index contributed by atoms with van der Waals surface area (Å²) in [6.07, 6.45) is 2.82. The van der Waals surface area contributed by atoms with E-state index in [9.17, 15) is 14.9 Å². The average Bonchev–Trinajstić information content (AvgIpc) is 3.06. The van der Waals surface area contributed by atoms with Crippen molar-refractivity contribution in [3.63, 3.8) is 0 Å². The third-order valence-corrected chi connectivity index (χ3v) is 4.99. The molecule has 0 radical (unpaired) electrons. The molecule has 0 bridgehead atoms. The lowest BCUT2D eigenvalue weighted by atomic mass is 10.1. The van der Waals surface area contributed by atoms with Crippen molar-refractivity contribution >= 4 is 34.4 Å². The summed E-state index contributed by atoms with van der Waals surface area (Å²) in [5.41, 5.74) is 6.89. The van der Waals surface area contributed by atoms with Crippen LogP contribution < -0.4 is 15.2 Å². The Kier molecular flexibility index (Phi) is 6.36. The molecule has 0 aliphatic carbocycles. The molecular formula is C20H18N2O6S. The number of benzene rings is 1. The van der Waals surface area contributed by atoms with E-state index < -0.39 is 11.9 Å². The van der Waals surface area contributed by atoms with Gasteiger partial charge in [-0.2, -0.15) is 5.26 Å². The van der Waals surface area contributed by atoms with Crippen molar-refractivity contribution in [1.82, 2.24) is 0 Å². The zero-order valence-electron chi connectivity index (χ0n) is 15.6. The number of thiophene rings is 1. The minimum Gasteiger partial charge on any atom is -0.486 e. The molecule has 2 heterocycles. The average molecular weight is 414 g/mol. The Morgan fingerprint density at radius 3 is 2.76 bits per heavy atom. The molecular weight excluding hydrogens is 396 g/mol. The van der Waals surface area contributed by atoms with Crippen LogP contribution >= 0.6 is 11.3 Å². The van der Waals surface area contributed by atoms with Gasteiger partial charge in [-0.3, -0.25) is 0 Å². The second-order valence-electron chi connectivity index (χ2n) is 5.83. The largest absolute Gasteiger partial charge is 0.486 e. The Hall–Kier alpha value is -3.51. The van der Waals surface area contributed by atoms with Crippen LogP contribution in [0, 0.1) is 11.3 Å². The molecule has 3 rings (SSSR count). The van der Waals surface area contributed by atoms with E-state index in [1.54, 1.807) is 31.2 Å². The lowest BCUT2D eigenvalue weighted by Gasteiger charge is -2.18. The van der Waals surface area contributed by atoms with Gasteiger partial charge in [-0.25, -0.2) is 9.59 Å². The number of nitrogens with zero attached hydrogens (tertiary/aromatic N) is 1. The number of rotatable bonds is 6. The number of hydrogen-bond acceptors (Lipinski definition) is 9. The van der Waals surface area contributed by atoms with E-state index in [-0.39, 0.29) is 34.2 Å². The van der Waals surface area contributed by atoms with E-state index >= 15 is 0 Å². The van der Waals surface area contributed by atoms with Crippen LogP contribution in [0.3, 0.4) is 0 Å². The van der Waals surface area contributed by atoms with Gasteiger partial charge in [-0.1, -0.05) is 6.07 Å². The standard InChI is InChI=1S/C20H18N2O6S/c1-2-25-20(24)18-14(13(10-21)19(22)29-18)11-28-17(23)6-4-12-3-5-15-16(9-12)27-8-7-26-15/h3-6,9H,2,7-8,11,22H2,1H3/b6-4+. The summed E-state index contributed by atoms with van der Waals surface area (Å²) >= 11 is 0.934. The van der Waals surface area contributed by atoms with Crippen LogP contribution in [0.15, 0.2) is 24.3 Å². The minimum atomic E-state index is -0.636. The summed E-state index contributed by atoms with van der Waals surface area (Å²) < 4.78 is 21.1. The molecule has 0 unspecified atom stereocenters. The topological polar surface area (TPSA) is 121 Å². The number of ether oxygens (including phenoxy) is 4. The third kappa shape index (κ3) is 4.67. The lowest BCUT2D eigenvalue weighted by molar-refractivity contribution is -0.138. The SMILES string of the molecule is CCOC(=O)c1sc(N)c(C#N)c1COC(=O)/C=C/c1ccc2c(c1)OCCO2. The maximum atomic E-state index is 12.1. The van der Waals surface area contributed by atoms with E-state index in [1.165, 1.54) is 6.08 Å². The number of anilines is 1. The molecule has 0 saturated heterocycles. The number of nitriles is 1. The fourth-order valence-corrected chi connectivity index (χ4v) is 3.54. The van der Waals surface area contributed by atoms with Gasteiger partial charge in [0.15, 0.2) is 11.5 Å². The van der Waals surface area contributed by atoms with E-state index in [0.717, 1.165) is 16.9 Å². The molecule has 2 aromatic rings. The highest BCUT2D eigenvalue weighted by atomic mass is 32.1. The fourth-order valence-electron chi connectivity index (χ4n) is 2.63. The number of carbonyl (C=O) groups is 2. The van der Waals surface area contributed by atoms with Crippen LogP contribution in [0.5, 0.6) is 11.5 Å². The monoisotopic (exact) mass is 414 g/mol. The molecule has 0 fully saturated rings. The van der Waals surface area contributed by atoms with Crippen LogP contribution in [0.4, 0.5) is 5.00 Å². The number of esters is 2. The summed E-state index contributed by atoms with van der Waals surface area (Å²) in [5.74, 6) is 0.0201. The Morgan fingerprint density at radius 2 is 2.03 bits per heavy atom. The molecule has 2 N–H and O–H groups in total. The van der Waals surface area contributed by atoms with Crippen LogP contribution in [-0.4, -0.2) is 31.8 Å². The predicted molar refractivity (Wildman–Crippen MR) is 106 cm³/mol. The fraction of sp³-hybridized carbons (Fsp3) is 0.250. The van der Waals surface area contributed by atoms with E-state index in [2.05, 4.69) is 0 Å². The summed E-state index contributed by atoms with van der Waals surface area (Å²) in [6, 6.07) is 7.23. The van der Waals surface area contributed by atoms with Crippen molar-refractivity contribution in [2.75, 3.05) is 25.6 Å². The maximum Gasteiger partial charge on any atom is 0.348 e. The molecule has 150 valence electrons. The Labute approximate surface area is 171 Å². The summed E-state index contributed by atoms with van der Waals surface area (Å²) in [7, 11) is 0. The molecule has 1 aromatic carbocycles. The molecule has 29 heavy (non-hydrogen) atoms. The van der Waals surface area contributed by atoms with Crippen molar-refractivity contribution in [3.8, 4) is 17.6 Å². The molecule has 1 aliphatic heterocycles. The Balaban J connectivity index is 1.68. The first kappa shape index (κ1) is 20.2. The van der Waals surface area contributed by atoms with Crippen LogP contribution in [-0.2, 0) is 20.9 Å². The smallest absolute Gasteiger partial charge is 0.348 e. The van der Waals surface area contributed by atoms with Crippen LogP contribution in [0.1, 0.15) is 33.3 Å². The quantitative estimate of drug-likeness (QED) is 0.566. The van der Waals surface area contributed by atoms with Gasteiger partial charge in [-0.05, 0) is 30.7 Å². The lowest BCUT2D eigenvalue weighted by Crippen LogP contribution is -2.15. The summed E-state index contributed by atoms with van der Waals surface area (Å²) in [6.45, 7) is 2.55. The van der Waals surface area contributed by atoms with Crippen molar-refractivity contribution in [2.45, 2.75) is 13.5 Å². The number of nitrogens with two attached hydrogens (primary N) is 1. The van der Waals surface area contributed by atoms with Gasteiger partial charge < -0.3 is 24.7 Å². The van der Waals surface area contributed by atoms with Crippen molar-refractivity contribution in [3.05, 3.63) is 45.8 Å². The molecule has 8 nitrogen and oxygen atoms in total. The number of carbonyl (C=O) groups excluding carboxylic acids is 2.